The molecule has 5 rings (SSSR count). The third-order valence-electron chi connectivity index (χ3n) is 7.00. The van der Waals surface area contributed by atoms with Gasteiger partial charge in [0.25, 0.3) is 0 Å². The molecule has 166 valence electrons. The lowest BCUT2D eigenvalue weighted by molar-refractivity contribution is -0.189. The van der Waals surface area contributed by atoms with Crippen molar-refractivity contribution in [1.29, 1.82) is 0 Å². The fraction of sp³-hybridized carbons (Fsp3) is 0.375. The van der Waals surface area contributed by atoms with Crippen LogP contribution in [0.25, 0.3) is 21.9 Å². The fourth-order valence-corrected chi connectivity index (χ4v) is 4.78. The van der Waals surface area contributed by atoms with Gasteiger partial charge in [0.2, 0.25) is 0 Å². The van der Waals surface area contributed by atoms with E-state index in [-0.39, 0.29) is 12.5 Å². The first-order valence-corrected chi connectivity index (χ1v) is 10.7. The second-order valence-corrected chi connectivity index (χ2v) is 8.94. The molecule has 0 bridgehead atoms. The van der Waals surface area contributed by atoms with Crippen molar-refractivity contribution in [2.45, 2.75) is 44.9 Å². The summed E-state index contributed by atoms with van der Waals surface area (Å²) >= 11 is 0. The van der Waals surface area contributed by atoms with E-state index >= 15 is 0 Å². The summed E-state index contributed by atoms with van der Waals surface area (Å²) in [5.41, 5.74) is 6.15. The normalized spacial score (nSPS) is 25.6. The van der Waals surface area contributed by atoms with Crippen molar-refractivity contribution in [2.24, 2.45) is 5.92 Å². The zero-order valence-corrected chi connectivity index (χ0v) is 18.4. The smallest absolute Gasteiger partial charge is 0.172 e. The van der Waals surface area contributed by atoms with Crippen LogP contribution in [0.3, 0.4) is 0 Å². The van der Waals surface area contributed by atoms with Crippen LogP contribution in [0.1, 0.15) is 31.0 Å². The van der Waals surface area contributed by atoms with E-state index in [2.05, 4.69) is 15.0 Å². The summed E-state index contributed by atoms with van der Waals surface area (Å²) in [6.07, 6.45) is 4.23. The number of aliphatic hydroxyl groups is 2. The molecular formula is C24H27N5O3. The van der Waals surface area contributed by atoms with E-state index in [1.54, 1.807) is 17.7 Å². The molecule has 4 N–H and O–H groups in total. The molecule has 1 saturated carbocycles. The first kappa shape index (κ1) is 20.7. The highest BCUT2D eigenvalue weighted by Crippen LogP contribution is 2.48. The molecule has 0 radical (unpaired) electrons. The van der Waals surface area contributed by atoms with Crippen molar-refractivity contribution < 1.29 is 14.9 Å². The summed E-state index contributed by atoms with van der Waals surface area (Å²) < 4.78 is 7.70. The molecule has 0 spiro atoms. The van der Waals surface area contributed by atoms with Crippen molar-refractivity contribution >= 4 is 27.8 Å². The van der Waals surface area contributed by atoms with Gasteiger partial charge in [0, 0.05) is 29.0 Å². The lowest BCUT2D eigenvalue weighted by atomic mass is 9.88. The molecule has 8 nitrogen and oxygen atoms in total. The SMILES string of the molecule is Cc1cc2ccc(OC[C@H]3CC[C@](O)(n4ccc5c(C)ncnc54)[C@]3(C)O)cc2nc1N. The molecular weight excluding hydrogens is 406 g/mol. The summed E-state index contributed by atoms with van der Waals surface area (Å²) in [4.78, 5) is 13.0. The first-order chi connectivity index (χ1) is 15.2. The van der Waals surface area contributed by atoms with Gasteiger partial charge < -0.3 is 25.3 Å². The Morgan fingerprint density at radius 3 is 2.81 bits per heavy atom. The lowest BCUT2D eigenvalue weighted by Crippen LogP contribution is -2.53. The van der Waals surface area contributed by atoms with Crippen LogP contribution in [0.4, 0.5) is 5.82 Å². The van der Waals surface area contributed by atoms with E-state index in [0.29, 0.717) is 30.1 Å². The van der Waals surface area contributed by atoms with Gasteiger partial charge >= 0.3 is 0 Å². The lowest BCUT2D eigenvalue weighted by Gasteiger charge is -2.39. The Kier molecular flexibility index (Phi) is 4.61. The van der Waals surface area contributed by atoms with Crippen molar-refractivity contribution in [1.82, 2.24) is 19.5 Å². The van der Waals surface area contributed by atoms with Gasteiger partial charge in [-0.05, 0) is 63.4 Å². The summed E-state index contributed by atoms with van der Waals surface area (Å²) in [5, 5.41) is 24.9. The standard InChI is InChI=1S/C24H27N5O3/c1-14-10-16-4-5-18(11-20(16)28-21(14)25)32-12-17-6-8-24(31,23(17,3)30)29-9-7-19-15(2)26-13-27-22(19)29/h4-5,7,9-11,13,17,30-31H,6,8,12H2,1-3H3,(H2,25,28)/t17-,23-,24-/m1/s1. The summed E-state index contributed by atoms with van der Waals surface area (Å²) in [5.74, 6) is 0.866. The molecule has 8 heteroatoms. The number of aromatic nitrogens is 4. The van der Waals surface area contributed by atoms with Gasteiger partial charge in [-0.3, -0.25) is 0 Å². The quantitative estimate of drug-likeness (QED) is 0.452. The van der Waals surface area contributed by atoms with Crippen molar-refractivity contribution in [2.75, 3.05) is 12.3 Å². The zero-order valence-electron chi connectivity index (χ0n) is 18.4. The monoisotopic (exact) mass is 433 g/mol. The Morgan fingerprint density at radius 1 is 1.19 bits per heavy atom. The number of nitrogens with zero attached hydrogens (tertiary/aromatic N) is 4. The minimum Gasteiger partial charge on any atom is -0.493 e. The van der Waals surface area contributed by atoms with Crippen molar-refractivity contribution in [3.05, 3.63) is 54.1 Å². The van der Waals surface area contributed by atoms with Crippen LogP contribution in [0.2, 0.25) is 0 Å². The molecule has 1 aliphatic carbocycles. The van der Waals surface area contributed by atoms with Crippen molar-refractivity contribution in [3.8, 4) is 5.75 Å². The Labute approximate surface area is 185 Å². The van der Waals surface area contributed by atoms with Crippen LogP contribution >= 0.6 is 0 Å². The number of nitrogen functional groups attached to an aromatic ring is 1. The molecule has 3 heterocycles. The maximum Gasteiger partial charge on any atom is 0.172 e. The van der Waals surface area contributed by atoms with Crippen LogP contribution in [-0.4, -0.2) is 41.9 Å². The number of rotatable bonds is 4. The number of aryl methyl sites for hydroxylation is 2. The number of ether oxygens (including phenoxy) is 1. The molecule has 4 aromatic rings. The predicted molar refractivity (Wildman–Crippen MR) is 122 cm³/mol. The van der Waals surface area contributed by atoms with Crippen LogP contribution in [-0.2, 0) is 5.72 Å². The molecule has 0 saturated heterocycles. The van der Waals surface area contributed by atoms with E-state index in [0.717, 1.165) is 27.5 Å². The number of pyridine rings is 1. The Hall–Kier alpha value is -3.23. The van der Waals surface area contributed by atoms with E-state index in [1.165, 1.54) is 6.33 Å². The van der Waals surface area contributed by atoms with Crippen molar-refractivity contribution in [3.63, 3.8) is 0 Å². The first-order valence-electron chi connectivity index (χ1n) is 10.7. The molecule has 0 aliphatic heterocycles. The predicted octanol–water partition coefficient (Wildman–Crippen LogP) is 3.06. The number of nitrogens with two attached hydrogens (primary N) is 1. The van der Waals surface area contributed by atoms with Gasteiger partial charge in [-0.25, -0.2) is 15.0 Å². The third-order valence-corrected chi connectivity index (χ3v) is 7.00. The molecule has 1 fully saturated rings. The van der Waals surface area contributed by atoms with Crippen LogP contribution in [0.15, 0.2) is 42.9 Å². The fourth-order valence-electron chi connectivity index (χ4n) is 4.78. The number of fused-ring (bicyclic) bond motifs is 2. The number of hydrogen-bond donors (Lipinski definition) is 3. The second kappa shape index (κ2) is 7.15. The average molecular weight is 434 g/mol. The van der Waals surface area contributed by atoms with Crippen LogP contribution < -0.4 is 10.5 Å². The number of anilines is 1. The second-order valence-electron chi connectivity index (χ2n) is 8.94. The highest BCUT2D eigenvalue weighted by molar-refractivity contribution is 5.82. The van der Waals surface area contributed by atoms with Gasteiger partial charge in [-0.15, -0.1) is 0 Å². The molecule has 1 aromatic carbocycles. The Bertz CT molecular complexity index is 1330. The Morgan fingerprint density at radius 2 is 2.00 bits per heavy atom. The van der Waals surface area contributed by atoms with Gasteiger partial charge in [-0.1, -0.05) is 0 Å². The largest absolute Gasteiger partial charge is 0.493 e. The molecule has 0 unspecified atom stereocenters. The van der Waals surface area contributed by atoms with Gasteiger partial charge in [-0.2, -0.15) is 0 Å². The van der Waals surface area contributed by atoms with E-state index in [4.69, 9.17) is 10.5 Å². The number of benzene rings is 1. The molecule has 1 aliphatic rings. The topological polar surface area (TPSA) is 119 Å². The number of hydrogen-bond acceptors (Lipinski definition) is 7. The summed E-state index contributed by atoms with van der Waals surface area (Å²) in [6.45, 7) is 5.75. The molecule has 3 aromatic heterocycles. The highest BCUT2D eigenvalue weighted by atomic mass is 16.5. The average Bonchev–Trinajstić information content (AvgIpc) is 3.28. The van der Waals surface area contributed by atoms with E-state index in [1.807, 2.05) is 44.2 Å². The van der Waals surface area contributed by atoms with Gasteiger partial charge in [0.1, 0.15) is 29.1 Å². The Balaban J connectivity index is 1.39. The van der Waals surface area contributed by atoms with Gasteiger partial charge in [0.15, 0.2) is 5.72 Å². The summed E-state index contributed by atoms with van der Waals surface area (Å²) in [6, 6.07) is 9.55. The third kappa shape index (κ3) is 3.02. The molecule has 3 atom stereocenters. The molecule has 32 heavy (non-hydrogen) atoms. The van der Waals surface area contributed by atoms with Gasteiger partial charge in [0.05, 0.1) is 17.8 Å². The van der Waals surface area contributed by atoms with Crippen LogP contribution in [0.5, 0.6) is 5.75 Å². The minimum absolute atomic E-state index is 0.259. The zero-order chi connectivity index (χ0) is 22.7. The highest BCUT2D eigenvalue weighted by Gasteiger charge is 2.57. The molecule has 0 amide bonds. The van der Waals surface area contributed by atoms with E-state index < -0.39 is 11.3 Å². The van der Waals surface area contributed by atoms with E-state index in [9.17, 15) is 10.2 Å². The maximum absolute atomic E-state index is 11.6. The van der Waals surface area contributed by atoms with Crippen LogP contribution in [0, 0.1) is 19.8 Å². The minimum atomic E-state index is -1.50. The maximum atomic E-state index is 11.6. The summed E-state index contributed by atoms with van der Waals surface area (Å²) in [7, 11) is 0.